The van der Waals surface area contributed by atoms with Crippen molar-refractivity contribution in [2.24, 2.45) is 5.92 Å². The molecule has 1 aromatic rings. The number of esters is 1. The zero-order valence-electron chi connectivity index (χ0n) is 16.2. The van der Waals surface area contributed by atoms with Gasteiger partial charge < -0.3 is 9.64 Å². The molecule has 2 N–H and O–H groups in total. The number of ether oxygens (including phenoxy) is 1. The molecule has 26 heavy (non-hydrogen) atoms. The molecule has 1 aromatic carbocycles. The van der Waals surface area contributed by atoms with E-state index < -0.39 is 15.6 Å². The van der Waals surface area contributed by atoms with Crippen molar-refractivity contribution in [2.75, 3.05) is 26.2 Å². The molecule has 0 spiro atoms. The third kappa shape index (κ3) is 5.79. The average molecular weight is 384 g/mol. The van der Waals surface area contributed by atoms with Gasteiger partial charge in [0.2, 0.25) is 10.0 Å². The molecular formula is C19H31N2O4S+. The molecule has 1 saturated heterocycles. The van der Waals surface area contributed by atoms with Crippen LogP contribution in [0.25, 0.3) is 0 Å². The first kappa shape index (κ1) is 20.9. The first-order chi connectivity index (χ1) is 12.1. The van der Waals surface area contributed by atoms with Crippen molar-refractivity contribution in [1.29, 1.82) is 0 Å². The van der Waals surface area contributed by atoms with Gasteiger partial charge in [-0.25, -0.2) is 8.42 Å². The molecule has 1 aliphatic heterocycles. The Labute approximate surface area is 157 Å². The van der Waals surface area contributed by atoms with Crippen LogP contribution in [0.2, 0.25) is 0 Å². The number of likely N-dealkylation sites (tertiary alicyclic amines) is 1. The second kappa shape index (κ2) is 8.50. The highest BCUT2D eigenvalue weighted by atomic mass is 32.2. The summed E-state index contributed by atoms with van der Waals surface area (Å²) in [6.45, 7) is 10.3. The Morgan fingerprint density at radius 2 is 1.81 bits per heavy atom. The predicted molar refractivity (Wildman–Crippen MR) is 101 cm³/mol. The Kier molecular flexibility index (Phi) is 6.82. The number of aryl methyl sites for hydroxylation is 1. The van der Waals surface area contributed by atoms with Gasteiger partial charge in [-0.2, -0.15) is 4.72 Å². The van der Waals surface area contributed by atoms with Gasteiger partial charge in [-0.3, -0.25) is 4.79 Å². The normalized spacial score (nSPS) is 21.4. The van der Waals surface area contributed by atoms with Crippen molar-refractivity contribution in [1.82, 2.24) is 4.72 Å². The zero-order chi connectivity index (χ0) is 19.4. The van der Waals surface area contributed by atoms with Gasteiger partial charge in [0, 0.05) is 12.8 Å². The summed E-state index contributed by atoms with van der Waals surface area (Å²) in [5.41, 5.74) is 0.452. The van der Waals surface area contributed by atoms with Gasteiger partial charge in [0.15, 0.2) is 0 Å². The fourth-order valence-corrected chi connectivity index (χ4v) is 4.91. The lowest BCUT2D eigenvalue weighted by Gasteiger charge is -2.34. The maximum atomic E-state index is 12.6. The van der Waals surface area contributed by atoms with Crippen LogP contribution >= 0.6 is 0 Å². The van der Waals surface area contributed by atoms with Crippen LogP contribution in [-0.4, -0.2) is 46.2 Å². The number of benzene rings is 1. The largest absolute Gasteiger partial charge is 0.466 e. The Hall–Kier alpha value is -1.44. The van der Waals surface area contributed by atoms with E-state index in [1.54, 1.807) is 24.3 Å². The Morgan fingerprint density at radius 3 is 2.35 bits per heavy atom. The molecular weight excluding hydrogens is 352 g/mol. The summed E-state index contributed by atoms with van der Waals surface area (Å²) in [5.74, 6) is -0.128. The van der Waals surface area contributed by atoms with Crippen LogP contribution in [0, 0.1) is 12.8 Å². The number of hydrogen-bond acceptors (Lipinski definition) is 4. The number of carbonyl (C=O) groups excluding carboxylic acids is 1. The number of nitrogens with one attached hydrogen (secondary N) is 2. The van der Waals surface area contributed by atoms with Gasteiger partial charge in [-0.05, 0) is 39.8 Å². The van der Waals surface area contributed by atoms with E-state index in [9.17, 15) is 13.2 Å². The number of piperidine rings is 1. The molecule has 146 valence electrons. The molecule has 0 aromatic heterocycles. The summed E-state index contributed by atoms with van der Waals surface area (Å²) in [4.78, 5) is 13.4. The zero-order valence-corrected chi connectivity index (χ0v) is 17.0. The molecule has 0 atom stereocenters. The van der Waals surface area contributed by atoms with Gasteiger partial charge in [-0.15, -0.1) is 0 Å². The number of carbonyl (C=O) groups is 1. The van der Waals surface area contributed by atoms with Crippen LogP contribution in [0.4, 0.5) is 0 Å². The Bertz CT molecular complexity index is 706. The quantitative estimate of drug-likeness (QED) is 0.686. The maximum Gasteiger partial charge on any atom is 0.309 e. The van der Waals surface area contributed by atoms with Crippen molar-refractivity contribution in [3.8, 4) is 0 Å². The van der Waals surface area contributed by atoms with Crippen molar-refractivity contribution in [2.45, 2.75) is 51.0 Å². The van der Waals surface area contributed by atoms with Crippen LogP contribution in [0.5, 0.6) is 0 Å². The molecule has 0 unspecified atom stereocenters. The maximum absolute atomic E-state index is 12.6. The number of hydrogen-bond donors (Lipinski definition) is 2. The minimum absolute atomic E-state index is 0.0222. The van der Waals surface area contributed by atoms with Gasteiger partial charge in [-0.1, -0.05) is 17.7 Å². The van der Waals surface area contributed by atoms with Crippen LogP contribution in [-0.2, 0) is 19.6 Å². The van der Waals surface area contributed by atoms with Crippen LogP contribution < -0.4 is 9.62 Å². The number of sulfonamides is 1. The van der Waals surface area contributed by atoms with E-state index in [2.05, 4.69) is 4.72 Å². The minimum atomic E-state index is -3.55. The standard InChI is InChI=1S/C19H30N2O4S/c1-5-25-18(22)16-10-12-21(13-11-16)14-19(3,4)20-26(23,24)17-8-6-15(2)7-9-17/h6-9,16,20H,5,10-14H2,1-4H3/p+1. The second-order valence-electron chi connectivity index (χ2n) is 7.76. The molecule has 6 nitrogen and oxygen atoms in total. The van der Waals surface area contributed by atoms with Crippen molar-refractivity contribution < 1.29 is 22.8 Å². The predicted octanol–water partition coefficient (Wildman–Crippen LogP) is 0.910. The second-order valence-corrected chi connectivity index (χ2v) is 9.44. The third-order valence-electron chi connectivity index (χ3n) is 4.75. The monoisotopic (exact) mass is 383 g/mol. The summed E-state index contributed by atoms with van der Waals surface area (Å²) in [6.07, 6.45) is 1.57. The Balaban J connectivity index is 1.92. The molecule has 0 bridgehead atoms. The SMILES string of the molecule is CCOC(=O)C1CC[NH+](CC(C)(C)NS(=O)(=O)c2ccc(C)cc2)CC1. The van der Waals surface area contributed by atoms with E-state index >= 15 is 0 Å². The van der Waals surface area contributed by atoms with E-state index in [4.69, 9.17) is 4.74 Å². The van der Waals surface area contributed by atoms with E-state index in [1.165, 1.54) is 4.90 Å². The lowest BCUT2D eigenvalue weighted by molar-refractivity contribution is -0.909. The van der Waals surface area contributed by atoms with Gasteiger partial charge in [0.1, 0.15) is 0 Å². The van der Waals surface area contributed by atoms with Gasteiger partial charge >= 0.3 is 5.97 Å². The summed E-state index contributed by atoms with van der Waals surface area (Å²) in [6, 6.07) is 6.86. The van der Waals surface area contributed by atoms with E-state index in [-0.39, 0.29) is 16.8 Å². The fourth-order valence-electron chi connectivity index (χ4n) is 3.50. The van der Waals surface area contributed by atoms with E-state index in [1.807, 2.05) is 27.7 Å². The summed E-state index contributed by atoms with van der Waals surface area (Å²) < 4.78 is 33.2. The van der Waals surface area contributed by atoms with Gasteiger partial charge in [0.05, 0.1) is 42.6 Å². The first-order valence-corrected chi connectivity index (χ1v) is 10.7. The molecule has 1 aliphatic rings. The highest BCUT2D eigenvalue weighted by Gasteiger charge is 2.34. The van der Waals surface area contributed by atoms with E-state index in [0.717, 1.165) is 31.5 Å². The smallest absolute Gasteiger partial charge is 0.309 e. The molecule has 2 rings (SSSR count). The lowest BCUT2D eigenvalue weighted by atomic mass is 9.95. The highest BCUT2D eigenvalue weighted by molar-refractivity contribution is 7.89. The molecule has 0 amide bonds. The first-order valence-electron chi connectivity index (χ1n) is 9.24. The summed E-state index contributed by atoms with van der Waals surface area (Å²) >= 11 is 0. The molecule has 7 heteroatoms. The van der Waals surface area contributed by atoms with E-state index in [0.29, 0.717) is 13.2 Å². The summed E-state index contributed by atoms with van der Waals surface area (Å²) in [7, 11) is -3.55. The third-order valence-corrected chi connectivity index (χ3v) is 6.46. The lowest BCUT2D eigenvalue weighted by Crippen LogP contribution is -3.15. The fraction of sp³-hybridized carbons (Fsp3) is 0.632. The highest BCUT2D eigenvalue weighted by Crippen LogP contribution is 2.15. The van der Waals surface area contributed by atoms with Crippen LogP contribution in [0.1, 0.15) is 39.2 Å². The van der Waals surface area contributed by atoms with Gasteiger partial charge in [0.25, 0.3) is 0 Å². The molecule has 0 radical (unpaired) electrons. The van der Waals surface area contributed by atoms with Crippen LogP contribution in [0.15, 0.2) is 29.2 Å². The van der Waals surface area contributed by atoms with Crippen LogP contribution in [0.3, 0.4) is 0 Å². The minimum Gasteiger partial charge on any atom is -0.466 e. The van der Waals surface area contributed by atoms with Crippen molar-refractivity contribution in [3.05, 3.63) is 29.8 Å². The Morgan fingerprint density at radius 1 is 1.23 bits per heavy atom. The van der Waals surface area contributed by atoms with Crippen molar-refractivity contribution >= 4 is 16.0 Å². The summed E-state index contributed by atoms with van der Waals surface area (Å²) in [5, 5.41) is 0. The molecule has 1 fully saturated rings. The van der Waals surface area contributed by atoms with Crippen molar-refractivity contribution in [3.63, 3.8) is 0 Å². The molecule has 0 aliphatic carbocycles. The molecule has 1 heterocycles. The molecule has 0 saturated carbocycles. The average Bonchev–Trinajstić information content (AvgIpc) is 2.54. The number of rotatable bonds is 7. The number of quaternary nitrogens is 1. The topological polar surface area (TPSA) is 76.9 Å².